The monoisotopic (exact) mass is 398 g/mol. The molecule has 7 nitrogen and oxygen atoms in total. The van der Waals surface area contributed by atoms with Crippen LogP contribution >= 0.6 is 0 Å². The Morgan fingerprint density at radius 2 is 1.93 bits per heavy atom. The van der Waals surface area contributed by atoms with Gasteiger partial charge < -0.3 is 14.5 Å². The minimum Gasteiger partial charge on any atom is -0.480 e. The van der Waals surface area contributed by atoms with Gasteiger partial charge in [-0.3, -0.25) is 4.79 Å². The smallest absolute Gasteiger partial charge is 0.265 e. The molecule has 1 amide bonds. The Labute approximate surface area is 162 Å². The molecule has 144 valence electrons. The lowest BCUT2D eigenvalue weighted by atomic mass is 10.1. The first kappa shape index (κ1) is 18.3. The van der Waals surface area contributed by atoms with Crippen LogP contribution < -0.4 is 14.8 Å². The van der Waals surface area contributed by atoms with Crippen LogP contribution in [0.4, 0.5) is 5.69 Å². The van der Waals surface area contributed by atoms with E-state index in [1.54, 1.807) is 24.3 Å². The molecule has 1 aliphatic rings. The highest BCUT2D eigenvalue weighted by atomic mass is 32.2. The predicted molar refractivity (Wildman–Crippen MR) is 102 cm³/mol. The molecule has 2 N–H and O–H groups in total. The SMILES string of the molecule is O=C(Nc1cccc(S(=O)(=O)NCc2ccco2)c1)[C@H]1Cc2ccccc2O1. The normalized spacial score (nSPS) is 15.6. The van der Waals surface area contributed by atoms with Crippen LogP contribution in [-0.4, -0.2) is 20.4 Å². The summed E-state index contributed by atoms with van der Waals surface area (Å²) < 4.78 is 38.2. The molecule has 3 aromatic rings. The summed E-state index contributed by atoms with van der Waals surface area (Å²) in [5, 5.41) is 2.73. The number of ether oxygens (including phenoxy) is 1. The molecule has 2 heterocycles. The van der Waals surface area contributed by atoms with E-state index in [0.717, 1.165) is 5.56 Å². The molecule has 0 saturated heterocycles. The van der Waals surface area contributed by atoms with Gasteiger partial charge in [0.1, 0.15) is 11.5 Å². The maximum absolute atomic E-state index is 12.5. The number of nitrogens with one attached hydrogen (secondary N) is 2. The van der Waals surface area contributed by atoms with Crippen molar-refractivity contribution in [2.24, 2.45) is 0 Å². The number of amides is 1. The van der Waals surface area contributed by atoms with Gasteiger partial charge in [0.25, 0.3) is 5.91 Å². The van der Waals surface area contributed by atoms with Crippen LogP contribution in [0, 0.1) is 0 Å². The van der Waals surface area contributed by atoms with Gasteiger partial charge in [-0.05, 0) is 42.0 Å². The van der Waals surface area contributed by atoms with Crippen molar-refractivity contribution in [3.05, 3.63) is 78.3 Å². The minimum absolute atomic E-state index is 0.0418. The fraction of sp³-hybridized carbons (Fsp3) is 0.150. The summed E-state index contributed by atoms with van der Waals surface area (Å²) >= 11 is 0. The third kappa shape index (κ3) is 3.92. The van der Waals surface area contributed by atoms with E-state index in [0.29, 0.717) is 23.6 Å². The quantitative estimate of drug-likeness (QED) is 0.665. The topological polar surface area (TPSA) is 97.6 Å². The van der Waals surface area contributed by atoms with Crippen molar-refractivity contribution in [1.29, 1.82) is 0 Å². The number of furan rings is 1. The van der Waals surface area contributed by atoms with Crippen LogP contribution in [0.25, 0.3) is 0 Å². The number of anilines is 1. The van der Waals surface area contributed by atoms with Gasteiger partial charge in [-0.2, -0.15) is 0 Å². The fourth-order valence-electron chi connectivity index (χ4n) is 2.95. The Bertz CT molecular complexity index is 1070. The Kier molecular flexibility index (Phi) is 4.89. The second kappa shape index (κ2) is 7.49. The molecule has 1 atom stereocenters. The Morgan fingerprint density at radius 1 is 1.07 bits per heavy atom. The van der Waals surface area contributed by atoms with Gasteiger partial charge in [-0.1, -0.05) is 24.3 Å². The van der Waals surface area contributed by atoms with Gasteiger partial charge in [-0.15, -0.1) is 0 Å². The zero-order chi connectivity index (χ0) is 19.6. The molecule has 1 aromatic heterocycles. The number of rotatable bonds is 6. The van der Waals surface area contributed by atoms with Crippen molar-refractivity contribution < 1.29 is 22.4 Å². The highest BCUT2D eigenvalue weighted by Crippen LogP contribution is 2.28. The maximum Gasteiger partial charge on any atom is 0.265 e. The first-order valence-corrected chi connectivity index (χ1v) is 10.2. The van der Waals surface area contributed by atoms with Crippen molar-refractivity contribution in [3.8, 4) is 5.75 Å². The maximum atomic E-state index is 12.5. The average Bonchev–Trinajstić information content (AvgIpc) is 3.36. The summed E-state index contributed by atoms with van der Waals surface area (Å²) in [5.74, 6) is 0.876. The molecular weight excluding hydrogens is 380 g/mol. The van der Waals surface area contributed by atoms with E-state index in [2.05, 4.69) is 10.0 Å². The third-order valence-electron chi connectivity index (χ3n) is 4.37. The van der Waals surface area contributed by atoms with Crippen LogP contribution in [0.1, 0.15) is 11.3 Å². The number of carbonyl (C=O) groups is 1. The lowest BCUT2D eigenvalue weighted by Crippen LogP contribution is -2.31. The van der Waals surface area contributed by atoms with Gasteiger partial charge in [-0.25, -0.2) is 13.1 Å². The summed E-state index contributed by atoms with van der Waals surface area (Å²) in [4.78, 5) is 12.6. The van der Waals surface area contributed by atoms with Gasteiger partial charge in [0.15, 0.2) is 6.10 Å². The Hall–Kier alpha value is -3.10. The molecule has 0 bridgehead atoms. The molecule has 4 rings (SSSR count). The largest absolute Gasteiger partial charge is 0.480 e. The van der Waals surface area contributed by atoms with E-state index in [9.17, 15) is 13.2 Å². The molecule has 28 heavy (non-hydrogen) atoms. The summed E-state index contributed by atoms with van der Waals surface area (Å²) in [5.41, 5.74) is 1.35. The second-order valence-corrected chi connectivity index (χ2v) is 8.11. The molecule has 1 aliphatic heterocycles. The number of para-hydroxylation sites is 1. The molecule has 0 saturated carbocycles. The molecular formula is C20H18N2O5S. The van der Waals surface area contributed by atoms with Crippen molar-refractivity contribution in [2.75, 3.05) is 5.32 Å². The van der Waals surface area contributed by atoms with Crippen LogP contribution in [0.2, 0.25) is 0 Å². The molecule has 0 unspecified atom stereocenters. The van der Waals surface area contributed by atoms with Crippen molar-refractivity contribution in [1.82, 2.24) is 4.72 Å². The molecule has 0 radical (unpaired) electrons. The van der Waals surface area contributed by atoms with E-state index in [1.807, 2.05) is 24.3 Å². The van der Waals surface area contributed by atoms with Crippen molar-refractivity contribution >= 4 is 21.6 Å². The third-order valence-corrected chi connectivity index (χ3v) is 5.77. The molecule has 0 fully saturated rings. The lowest BCUT2D eigenvalue weighted by molar-refractivity contribution is -0.122. The number of fused-ring (bicyclic) bond motifs is 1. The van der Waals surface area contributed by atoms with Gasteiger partial charge in [0.05, 0.1) is 17.7 Å². The minimum atomic E-state index is -3.75. The van der Waals surface area contributed by atoms with E-state index >= 15 is 0 Å². The number of sulfonamides is 1. The second-order valence-electron chi connectivity index (χ2n) is 6.34. The number of benzene rings is 2. The molecule has 2 aromatic carbocycles. The highest BCUT2D eigenvalue weighted by Gasteiger charge is 2.29. The van der Waals surface area contributed by atoms with Crippen molar-refractivity contribution in [2.45, 2.75) is 24.0 Å². The van der Waals surface area contributed by atoms with E-state index in [-0.39, 0.29) is 17.3 Å². The molecule has 0 aliphatic carbocycles. The standard InChI is InChI=1S/C20H18N2O5S/c23-20(19-11-14-5-1-2-9-18(14)27-19)22-15-6-3-8-17(12-15)28(24,25)21-13-16-7-4-10-26-16/h1-10,12,19,21H,11,13H2,(H,22,23)/t19-/m1/s1. The first-order chi connectivity index (χ1) is 13.5. The zero-order valence-corrected chi connectivity index (χ0v) is 15.6. The predicted octanol–water partition coefficient (Wildman–Crippen LogP) is 2.70. The summed E-state index contributed by atoms with van der Waals surface area (Å²) in [6.07, 6.45) is 1.31. The summed E-state index contributed by atoms with van der Waals surface area (Å²) in [6, 6.07) is 16.9. The van der Waals surface area contributed by atoms with Gasteiger partial charge in [0, 0.05) is 12.1 Å². The number of hydrogen-bond donors (Lipinski definition) is 2. The molecule has 0 spiro atoms. The van der Waals surface area contributed by atoms with E-state index < -0.39 is 16.1 Å². The summed E-state index contributed by atoms with van der Waals surface area (Å²) in [6.45, 7) is 0.0418. The summed E-state index contributed by atoms with van der Waals surface area (Å²) in [7, 11) is -3.75. The first-order valence-electron chi connectivity index (χ1n) is 8.69. The van der Waals surface area contributed by atoms with Gasteiger partial charge >= 0.3 is 0 Å². The van der Waals surface area contributed by atoms with Gasteiger partial charge in [0.2, 0.25) is 10.0 Å². The Morgan fingerprint density at radius 3 is 2.71 bits per heavy atom. The van der Waals surface area contributed by atoms with Crippen LogP contribution in [0.15, 0.2) is 76.2 Å². The highest BCUT2D eigenvalue weighted by molar-refractivity contribution is 7.89. The Balaban J connectivity index is 1.43. The number of hydrogen-bond acceptors (Lipinski definition) is 5. The fourth-order valence-corrected chi connectivity index (χ4v) is 3.99. The lowest BCUT2D eigenvalue weighted by Gasteiger charge is -2.12. The van der Waals surface area contributed by atoms with Crippen LogP contribution in [0.5, 0.6) is 5.75 Å². The van der Waals surface area contributed by atoms with Crippen LogP contribution in [-0.2, 0) is 27.8 Å². The van der Waals surface area contributed by atoms with Crippen LogP contribution in [0.3, 0.4) is 0 Å². The zero-order valence-electron chi connectivity index (χ0n) is 14.8. The van der Waals surface area contributed by atoms with E-state index in [1.165, 1.54) is 18.4 Å². The average molecular weight is 398 g/mol. The number of carbonyl (C=O) groups excluding carboxylic acids is 1. The molecule has 8 heteroatoms. The van der Waals surface area contributed by atoms with Crippen molar-refractivity contribution in [3.63, 3.8) is 0 Å². The van der Waals surface area contributed by atoms with E-state index in [4.69, 9.17) is 9.15 Å².